The van der Waals surface area contributed by atoms with Crippen molar-refractivity contribution in [3.8, 4) is 0 Å². The fraction of sp³-hybridized carbons (Fsp3) is 0.714. The van der Waals surface area contributed by atoms with Crippen LogP contribution in [0.25, 0.3) is 0 Å². The Morgan fingerprint density at radius 3 is 2.82 bits per heavy atom. The standard InChI is InChI=1S/C14H22O3/c1-3-5-6-7-12-11(8-9-13(12)15)10-14(16)17-4-2/h5-6,11-12H,3-4,7-10H2,1-2H3/b6-5-/t11-,12+/m1/s1. The lowest BCUT2D eigenvalue weighted by Crippen LogP contribution is -2.18. The molecule has 0 aromatic carbocycles. The molecule has 2 atom stereocenters. The second kappa shape index (κ2) is 7.25. The Bertz CT molecular complexity index is 294. The van der Waals surface area contributed by atoms with Gasteiger partial charge >= 0.3 is 5.97 Å². The molecule has 0 aromatic heterocycles. The Morgan fingerprint density at radius 2 is 2.18 bits per heavy atom. The van der Waals surface area contributed by atoms with Crippen LogP contribution >= 0.6 is 0 Å². The molecule has 0 saturated heterocycles. The molecule has 17 heavy (non-hydrogen) atoms. The van der Waals surface area contributed by atoms with Crippen molar-refractivity contribution in [1.82, 2.24) is 0 Å². The Morgan fingerprint density at radius 1 is 1.41 bits per heavy atom. The lowest BCUT2D eigenvalue weighted by molar-refractivity contribution is -0.144. The summed E-state index contributed by atoms with van der Waals surface area (Å²) in [6, 6.07) is 0. The minimum atomic E-state index is -0.170. The van der Waals surface area contributed by atoms with Crippen LogP contribution in [0, 0.1) is 11.8 Å². The largest absolute Gasteiger partial charge is 0.466 e. The van der Waals surface area contributed by atoms with Gasteiger partial charge in [-0.25, -0.2) is 0 Å². The molecule has 0 spiro atoms. The van der Waals surface area contributed by atoms with Crippen LogP contribution in [0.2, 0.25) is 0 Å². The number of carbonyl (C=O) groups is 2. The van der Waals surface area contributed by atoms with Crippen LogP contribution in [-0.2, 0) is 14.3 Å². The summed E-state index contributed by atoms with van der Waals surface area (Å²) in [5, 5.41) is 0. The molecule has 0 aromatic rings. The molecule has 3 heteroatoms. The summed E-state index contributed by atoms with van der Waals surface area (Å²) >= 11 is 0. The van der Waals surface area contributed by atoms with Crippen LogP contribution in [0.3, 0.4) is 0 Å². The Labute approximate surface area is 103 Å². The highest BCUT2D eigenvalue weighted by Crippen LogP contribution is 2.34. The predicted octanol–water partition coefficient (Wildman–Crippen LogP) is 2.89. The maximum atomic E-state index is 11.7. The Balaban J connectivity index is 2.49. The highest BCUT2D eigenvalue weighted by molar-refractivity contribution is 5.84. The predicted molar refractivity (Wildman–Crippen MR) is 66.5 cm³/mol. The summed E-state index contributed by atoms with van der Waals surface area (Å²) in [6.07, 6.45) is 7.75. The van der Waals surface area contributed by atoms with Crippen LogP contribution in [0.15, 0.2) is 12.2 Å². The first-order chi connectivity index (χ1) is 8.19. The van der Waals surface area contributed by atoms with Crippen molar-refractivity contribution in [1.29, 1.82) is 0 Å². The van der Waals surface area contributed by atoms with Crippen molar-refractivity contribution in [3.05, 3.63) is 12.2 Å². The van der Waals surface area contributed by atoms with Crippen molar-refractivity contribution >= 4 is 11.8 Å². The fourth-order valence-corrected chi connectivity index (χ4v) is 2.39. The van der Waals surface area contributed by atoms with E-state index < -0.39 is 0 Å². The number of rotatable bonds is 6. The first-order valence-electron chi connectivity index (χ1n) is 6.52. The van der Waals surface area contributed by atoms with E-state index in [2.05, 4.69) is 19.1 Å². The van der Waals surface area contributed by atoms with Crippen LogP contribution < -0.4 is 0 Å². The summed E-state index contributed by atoms with van der Waals surface area (Å²) in [7, 11) is 0. The molecule has 1 aliphatic carbocycles. The van der Waals surface area contributed by atoms with Gasteiger partial charge in [0.25, 0.3) is 0 Å². The zero-order valence-electron chi connectivity index (χ0n) is 10.8. The summed E-state index contributed by atoms with van der Waals surface area (Å²) in [5.41, 5.74) is 0. The van der Waals surface area contributed by atoms with Crippen LogP contribution in [-0.4, -0.2) is 18.4 Å². The molecule has 1 rings (SSSR count). The van der Waals surface area contributed by atoms with Gasteiger partial charge in [0.1, 0.15) is 5.78 Å². The molecular weight excluding hydrogens is 216 g/mol. The van der Waals surface area contributed by atoms with Crippen molar-refractivity contribution in [2.45, 2.75) is 46.0 Å². The number of carbonyl (C=O) groups excluding carboxylic acids is 2. The Kier molecular flexibility index (Phi) is 5.95. The molecule has 3 nitrogen and oxygen atoms in total. The fourth-order valence-electron chi connectivity index (χ4n) is 2.39. The van der Waals surface area contributed by atoms with Gasteiger partial charge in [0, 0.05) is 18.8 Å². The van der Waals surface area contributed by atoms with E-state index in [1.807, 2.05) is 0 Å². The molecule has 0 amide bonds. The van der Waals surface area contributed by atoms with Crippen LogP contribution in [0.1, 0.15) is 46.0 Å². The number of hydrogen-bond donors (Lipinski definition) is 0. The van der Waals surface area contributed by atoms with Gasteiger partial charge in [-0.05, 0) is 32.1 Å². The van der Waals surface area contributed by atoms with Crippen LogP contribution in [0.5, 0.6) is 0 Å². The number of allylic oxidation sites excluding steroid dienone is 2. The van der Waals surface area contributed by atoms with E-state index in [0.29, 0.717) is 25.2 Å². The number of hydrogen-bond acceptors (Lipinski definition) is 3. The van der Waals surface area contributed by atoms with Gasteiger partial charge in [0.15, 0.2) is 0 Å². The van der Waals surface area contributed by atoms with Crippen LogP contribution in [0.4, 0.5) is 0 Å². The molecule has 1 fully saturated rings. The third-order valence-corrected chi connectivity index (χ3v) is 3.27. The van der Waals surface area contributed by atoms with Gasteiger partial charge in [-0.15, -0.1) is 0 Å². The number of ether oxygens (including phenoxy) is 1. The van der Waals surface area contributed by atoms with Crippen molar-refractivity contribution < 1.29 is 14.3 Å². The highest BCUT2D eigenvalue weighted by atomic mass is 16.5. The van der Waals surface area contributed by atoms with Gasteiger partial charge < -0.3 is 4.74 Å². The summed E-state index contributed by atoms with van der Waals surface area (Å²) in [6.45, 7) is 4.29. The minimum absolute atomic E-state index is 0.0298. The summed E-state index contributed by atoms with van der Waals surface area (Å²) in [4.78, 5) is 23.2. The van der Waals surface area contributed by atoms with Crippen molar-refractivity contribution in [2.24, 2.45) is 11.8 Å². The average molecular weight is 238 g/mol. The highest BCUT2D eigenvalue weighted by Gasteiger charge is 2.35. The zero-order valence-corrected chi connectivity index (χ0v) is 10.8. The first-order valence-corrected chi connectivity index (χ1v) is 6.52. The van der Waals surface area contributed by atoms with Gasteiger partial charge in [0.2, 0.25) is 0 Å². The normalized spacial score (nSPS) is 24.5. The molecule has 96 valence electrons. The molecule has 0 bridgehead atoms. The number of esters is 1. The smallest absolute Gasteiger partial charge is 0.306 e. The van der Waals surface area contributed by atoms with E-state index in [1.165, 1.54) is 0 Å². The molecule has 0 heterocycles. The zero-order chi connectivity index (χ0) is 12.7. The molecule has 1 saturated carbocycles. The number of Topliss-reactive ketones (excluding diaryl/α,β-unsaturated/α-hetero) is 1. The monoisotopic (exact) mass is 238 g/mol. The quantitative estimate of drug-likeness (QED) is 0.528. The SMILES string of the molecule is CC/C=C\C[C@@H]1C(=O)CC[C@@H]1CC(=O)OCC. The first kappa shape index (κ1) is 13.9. The van der Waals surface area contributed by atoms with E-state index in [0.717, 1.165) is 19.3 Å². The lowest BCUT2D eigenvalue weighted by Gasteiger charge is -2.15. The van der Waals surface area contributed by atoms with E-state index in [9.17, 15) is 9.59 Å². The van der Waals surface area contributed by atoms with Gasteiger partial charge in [-0.2, -0.15) is 0 Å². The average Bonchev–Trinajstić information content (AvgIpc) is 2.62. The van der Waals surface area contributed by atoms with Gasteiger partial charge in [0.05, 0.1) is 6.61 Å². The molecule has 0 N–H and O–H groups in total. The Hall–Kier alpha value is -1.12. The third-order valence-electron chi connectivity index (χ3n) is 3.27. The summed E-state index contributed by atoms with van der Waals surface area (Å²) < 4.78 is 4.94. The van der Waals surface area contributed by atoms with E-state index >= 15 is 0 Å². The van der Waals surface area contributed by atoms with Gasteiger partial charge in [-0.3, -0.25) is 9.59 Å². The molecule has 0 aliphatic heterocycles. The molecule has 0 radical (unpaired) electrons. The molecular formula is C14H22O3. The third kappa shape index (κ3) is 4.33. The van der Waals surface area contributed by atoms with Gasteiger partial charge in [-0.1, -0.05) is 19.1 Å². The second-order valence-electron chi connectivity index (χ2n) is 4.50. The maximum Gasteiger partial charge on any atom is 0.306 e. The lowest BCUT2D eigenvalue weighted by atomic mass is 9.89. The number of ketones is 1. The van der Waals surface area contributed by atoms with E-state index in [4.69, 9.17) is 4.74 Å². The van der Waals surface area contributed by atoms with E-state index in [1.54, 1.807) is 6.92 Å². The van der Waals surface area contributed by atoms with E-state index in [-0.39, 0.29) is 17.8 Å². The second-order valence-corrected chi connectivity index (χ2v) is 4.50. The van der Waals surface area contributed by atoms with Crippen molar-refractivity contribution in [3.63, 3.8) is 0 Å². The summed E-state index contributed by atoms with van der Waals surface area (Å²) in [5.74, 6) is 0.349. The minimum Gasteiger partial charge on any atom is -0.466 e. The molecule has 0 unspecified atom stereocenters. The maximum absolute atomic E-state index is 11.7. The topological polar surface area (TPSA) is 43.4 Å². The molecule has 1 aliphatic rings. The van der Waals surface area contributed by atoms with Crippen molar-refractivity contribution in [2.75, 3.05) is 6.61 Å².